The van der Waals surface area contributed by atoms with Crippen molar-refractivity contribution in [2.45, 2.75) is 26.2 Å². The molecule has 3 rings (SSSR count). The van der Waals surface area contributed by atoms with Gasteiger partial charge in [-0.3, -0.25) is 9.78 Å². The highest BCUT2D eigenvalue weighted by molar-refractivity contribution is 6.01. The standard InChI is InChI=1S/C23H24N2O4/c1-23(2,3)16-9-11-17(12-10-16)28-15-22(27)29-14-21(26)25-20-8-4-7-19-18(20)6-5-13-24-19/h4-13H,14-15H2,1-3H3,(H,25,26). The van der Waals surface area contributed by atoms with Gasteiger partial charge in [-0.25, -0.2) is 4.79 Å². The summed E-state index contributed by atoms with van der Waals surface area (Å²) in [5.74, 6) is -0.466. The number of amides is 1. The lowest BCUT2D eigenvalue weighted by Gasteiger charge is -2.19. The van der Waals surface area contributed by atoms with E-state index < -0.39 is 11.9 Å². The number of esters is 1. The van der Waals surface area contributed by atoms with Crippen LogP contribution in [0.3, 0.4) is 0 Å². The van der Waals surface area contributed by atoms with Crippen LogP contribution in [0.1, 0.15) is 26.3 Å². The molecule has 0 spiro atoms. The van der Waals surface area contributed by atoms with E-state index >= 15 is 0 Å². The van der Waals surface area contributed by atoms with Crippen LogP contribution in [-0.4, -0.2) is 30.1 Å². The van der Waals surface area contributed by atoms with Crippen LogP contribution >= 0.6 is 0 Å². The maximum atomic E-state index is 12.1. The number of benzene rings is 2. The summed E-state index contributed by atoms with van der Waals surface area (Å²) in [7, 11) is 0. The quantitative estimate of drug-likeness (QED) is 0.639. The molecule has 0 saturated carbocycles. The Morgan fingerprint density at radius 1 is 0.966 bits per heavy atom. The van der Waals surface area contributed by atoms with Crippen molar-refractivity contribution in [3.05, 3.63) is 66.4 Å². The summed E-state index contributed by atoms with van der Waals surface area (Å²) in [5, 5.41) is 3.55. The van der Waals surface area contributed by atoms with Crippen LogP contribution in [0, 0.1) is 0 Å². The molecular formula is C23H24N2O4. The molecular weight excluding hydrogens is 368 g/mol. The van der Waals surface area contributed by atoms with Crippen LogP contribution in [0.4, 0.5) is 5.69 Å². The molecule has 0 aliphatic carbocycles. The zero-order valence-corrected chi connectivity index (χ0v) is 16.8. The second-order valence-corrected chi connectivity index (χ2v) is 7.65. The monoisotopic (exact) mass is 392 g/mol. The van der Waals surface area contributed by atoms with E-state index in [4.69, 9.17) is 9.47 Å². The number of carbonyl (C=O) groups is 2. The fraction of sp³-hybridized carbons (Fsp3) is 0.261. The Kier molecular flexibility index (Phi) is 6.12. The van der Waals surface area contributed by atoms with E-state index in [0.29, 0.717) is 11.4 Å². The van der Waals surface area contributed by atoms with Gasteiger partial charge in [-0.15, -0.1) is 0 Å². The van der Waals surface area contributed by atoms with Crippen LogP contribution in [0.15, 0.2) is 60.8 Å². The molecule has 0 saturated heterocycles. The topological polar surface area (TPSA) is 77.5 Å². The summed E-state index contributed by atoms with van der Waals surface area (Å²) >= 11 is 0. The highest BCUT2D eigenvalue weighted by Crippen LogP contribution is 2.24. The molecule has 0 unspecified atom stereocenters. The van der Waals surface area contributed by atoms with Crippen molar-refractivity contribution < 1.29 is 19.1 Å². The second kappa shape index (κ2) is 8.73. The first kappa shape index (κ1) is 20.3. The van der Waals surface area contributed by atoms with Gasteiger partial charge >= 0.3 is 5.97 Å². The van der Waals surface area contributed by atoms with E-state index in [9.17, 15) is 9.59 Å². The first-order valence-electron chi connectivity index (χ1n) is 9.35. The minimum Gasteiger partial charge on any atom is -0.482 e. The number of pyridine rings is 1. The number of nitrogens with one attached hydrogen (secondary N) is 1. The minimum absolute atomic E-state index is 0.0466. The number of nitrogens with zero attached hydrogens (tertiary/aromatic N) is 1. The van der Waals surface area contributed by atoms with Gasteiger partial charge < -0.3 is 14.8 Å². The van der Waals surface area contributed by atoms with Gasteiger partial charge in [0.1, 0.15) is 5.75 Å². The fourth-order valence-corrected chi connectivity index (χ4v) is 2.78. The first-order chi connectivity index (χ1) is 13.8. The molecule has 0 bridgehead atoms. The van der Waals surface area contributed by atoms with Crippen LogP contribution in [-0.2, 0) is 19.7 Å². The van der Waals surface area contributed by atoms with Gasteiger partial charge in [0.05, 0.1) is 11.2 Å². The SMILES string of the molecule is CC(C)(C)c1ccc(OCC(=O)OCC(=O)Nc2cccc3ncccc23)cc1. The number of hydrogen-bond acceptors (Lipinski definition) is 5. The summed E-state index contributed by atoms with van der Waals surface area (Å²) in [6.07, 6.45) is 1.69. The van der Waals surface area contributed by atoms with Gasteiger partial charge in [0, 0.05) is 11.6 Å². The molecule has 0 fully saturated rings. The van der Waals surface area contributed by atoms with Crippen LogP contribution in [0.25, 0.3) is 10.9 Å². The number of fused-ring (bicyclic) bond motifs is 1. The summed E-state index contributed by atoms with van der Waals surface area (Å²) in [6, 6.07) is 16.6. The van der Waals surface area contributed by atoms with E-state index in [1.165, 1.54) is 5.56 Å². The predicted octanol–water partition coefficient (Wildman–Crippen LogP) is 4.09. The van der Waals surface area contributed by atoms with Crippen LogP contribution in [0.5, 0.6) is 5.75 Å². The predicted molar refractivity (Wildman–Crippen MR) is 112 cm³/mol. The third kappa shape index (κ3) is 5.54. The highest BCUT2D eigenvalue weighted by Gasteiger charge is 2.14. The van der Waals surface area contributed by atoms with E-state index in [1.807, 2.05) is 36.4 Å². The molecule has 0 aliphatic heterocycles. The van der Waals surface area contributed by atoms with Gasteiger partial charge in [-0.05, 0) is 47.4 Å². The molecule has 29 heavy (non-hydrogen) atoms. The van der Waals surface area contributed by atoms with Crippen LogP contribution in [0.2, 0.25) is 0 Å². The lowest BCUT2D eigenvalue weighted by Crippen LogP contribution is -2.23. The van der Waals surface area contributed by atoms with E-state index in [-0.39, 0.29) is 18.6 Å². The molecule has 1 heterocycles. The largest absolute Gasteiger partial charge is 0.482 e. The molecule has 1 aromatic heterocycles. The minimum atomic E-state index is -0.611. The Bertz CT molecular complexity index is 1000. The second-order valence-electron chi connectivity index (χ2n) is 7.65. The molecule has 1 N–H and O–H groups in total. The van der Waals surface area contributed by atoms with Gasteiger partial charge in [-0.1, -0.05) is 39.0 Å². The fourth-order valence-electron chi connectivity index (χ4n) is 2.78. The summed E-state index contributed by atoms with van der Waals surface area (Å²) < 4.78 is 10.4. The van der Waals surface area contributed by atoms with Crippen molar-refractivity contribution in [1.82, 2.24) is 4.98 Å². The molecule has 2 aromatic carbocycles. The third-order valence-corrected chi connectivity index (χ3v) is 4.36. The Morgan fingerprint density at radius 3 is 2.45 bits per heavy atom. The maximum Gasteiger partial charge on any atom is 0.344 e. The average molecular weight is 392 g/mol. The summed E-state index contributed by atoms with van der Waals surface area (Å²) in [4.78, 5) is 28.2. The number of hydrogen-bond donors (Lipinski definition) is 1. The average Bonchev–Trinajstić information content (AvgIpc) is 2.71. The lowest BCUT2D eigenvalue weighted by atomic mass is 9.87. The zero-order chi connectivity index (χ0) is 20.9. The molecule has 150 valence electrons. The van der Waals surface area contributed by atoms with Gasteiger partial charge in [0.2, 0.25) is 0 Å². The molecule has 1 amide bonds. The van der Waals surface area contributed by atoms with E-state index in [1.54, 1.807) is 24.4 Å². The lowest BCUT2D eigenvalue weighted by molar-refractivity contribution is -0.149. The van der Waals surface area contributed by atoms with Crippen molar-refractivity contribution in [2.75, 3.05) is 18.5 Å². The Morgan fingerprint density at radius 2 is 1.72 bits per heavy atom. The summed E-state index contributed by atoms with van der Waals surface area (Å²) in [5.41, 5.74) is 2.61. The highest BCUT2D eigenvalue weighted by atomic mass is 16.6. The number of ether oxygens (including phenoxy) is 2. The third-order valence-electron chi connectivity index (χ3n) is 4.36. The molecule has 3 aromatic rings. The number of anilines is 1. The van der Waals surface area contributed by atoms with E-state index in [2.05, 4.69) is 31.1 Å². The van der Waals surface area contributed by atoms with Crippen molar-refractivity contribution >= 4 is 28.5 Å². The molecule has 0 atom stereocenters. The van der Waals surface area contributed by atoms with Gasteiger partial charge in [-0.2, -0.15) is 0 Å². The Hall–Kier alpha value is -3.41. The number of aromatic nitrogens is 1. The number of carbonyl (C=O) groups excluding carboxylic acids is 2. The van der Waals surface area contributed by atoms with Crippen molar-refractivity contribution in [3.8, 4) is 5.75 Å². The normalized spacial score (nSPS) is 11.1. The zero-order valence-electron chi connectivity index (χ0n) is 16.8. The number of rotatable bonds is 6. The Balaban J connectivity index is 1.47. The van der Waals surface area contributed by atoms with Crippen molar-refractivity contribution in [1.29, 1.82) is 0 Å². The maximum absolute atomic E-state index is 12.1. The molecule has 0 aliphatic rings. The van der Waals surface area contributed by atoms with Crippen LogP contribution < -0.4 is 10.1 Å². The van der Waals surface area contributed by atoms with Crippen molar-refractivity contribution in [3.63, 3.8) is 0 Å². The van der Waals surface area contributed by atoms with E-state index in [0.717, 1.165) is 10.9 Å². The van der Waals surface area contributed by atoms with Gasteiger partial charge in [0.15, 0.2) is 13.2 Å². The van der Waals surface area contributed by atoms with Gasteiger partial charge in [0.25, 0.3) is 5.91 Å². The molecule has 0 radical (unpaired) electrons. The Labute approximate surface area is 169 Å². The molecule has 6 heteroatoms. The summed E-state index contributed by atoms with van der Waals surface area (Å²) in [6.45, 7) is 5.72. The molecule has 6 nitrogen and oxygen atoms in total. The smallest absolute Gasteiger partial charge is 0.344 e. The van der Waals surface area contributed by atoms with Crippen molar-refractivity contribution in [2.24, 2.45) is 0 Å². The first-order valence-corrected chi connectivity index (χ1v) is 9.35.